The molecule has 1 aromatic rings. The van der Waals surface area contributed by atoms with Gasteiger partial charge in [0.05, 0.1) is 5.69 Å². The van der Waals surface area contributed by atoms with Gasteiger partial charge in [0.15, 0.2) is 11.4 Å². The normalized spacial score (nSPS) is 10.8. The van der Waals surface area contributed by atoms with Gasteiger partial charge in [-0.15, -0.1) is 4.91 Å². The van der Waals surface area contributed by atoms with Gasteiger partial charge < -0.3 is 5.11 Å². The zero-order valence-corrected chi connectivity index (χ0v) is 9.60. The molecule has 16 heavy (non-hydrogen) atoms. The quantitative estimate of drug-likeness (QED) is 0.778. The van der Waals surface area contributed by atoms with Crippen molar-refractivity contribution in [3.63, 3.8) is 0 Å². The topological polar surface area (TPSA) is 84.5 Å². The van der Waals surface area contributed by atoms with E-state index in [1.165, 1.54) is 4.68 Å². The fraction of sp³-hybridized carbons (Fsp3) is 0.600. The molecule has 0 saturated heterocycles. The van der Waals surface area contributed by atoms with Crippen molar-refractivity contribution in [3.05, 3.63) is 16.3 Å². The van der Waals surface area contributed by atoms with Crippen molar-refractivity contribution in [2.45, 2.75) is 33.7 Å². The number of carboxylic acids is 1. The Hall–Kier alpha value is -1.72. The van der Waals surface area contributed by atoms with E-state index in [9.17, 15) is 9.70 Å². The Morgan fingerprint density at radius 2 is 2.19 bits per heavy atom. The molecular weight excluding hydrogens is 210 g/mol. The van der Waals surface area contributed by atoms with Gasteiger partial charge in [0, 0.05) is 6.54 Å². The molecule has 0 aliphatic heterocycles. The number of aryl methyl sites for hydroxylation is 1. The van der Waals surface area contributed by atoms with E-state index >= 15 is 0 Å². The second-order valence-electron chi connectivity index (χ2n) is 3.95. The summed E-state index contributed by atoms with van der Waals surface area (Å²) in [5, 5.41) is 15.9. The van der Waals surface area contributed by atoms with Crippen molar-refractivity contribution in [1.82, 2.24) is 9.78 Å². The molecule has 6 nitrogen and oxygen atoms in total. The Morgan fingerprint density at radius 3 is 2.56 bits per heavy atom. The van der Waals surface area contributed by atoms with Crippen LogP contribution < -0.4 is 0 Å². The Bertz CT molecular complexity index is 410. The van der Waals surface area contributed by atoms with Crippen molar-refractivity contribution < 1.29 is 9.90 Å². The van der Waals surface area contributed by atoms with Gasteiger partial charge in [0.2, 0.25) is 0 Å². The fourth-order valence-electron chi connectivity index (χ4n) is 1.56. The molecule has 0 bridgehead atoms. The van der Waals surface area contributed by atoms with E-state index < -0.39 is 5.97 Å². The van der Waals surface area contributed by atoms with Crippen molar-refractivity contribution in [2.24, 2.45) is 11.1 Å². The number of nitroso groups, excluding NO2 is 1. The van der Waals surface area contributed by atoms with Gasteiger partial charge in [-0.25, -0.2) is 4.79 Å². The van der Waals surface area contributed by atoms with Gasteiger partial charge in [0.1, 0.15) is 0 Å². The van der Waals surface area contributed by atoms with Crippen molar-refractivity contribution in [2.75, 3.05) is 0 Å². The molecule has 0 fully saturated rings. The van der Waals surface area contributed by atoms with Crippen LogP contribution in [0.3, 0.4) is 0 Å². The molecular formula is C10H15N3O3. The molecule has 1 heterocycles. The van der Waals surface area contributed by atoms with Crippen molar-refractivity contribution >= 4 is 11.7 Å². The first-order chi connectivity index (χ1) is 7.51. The number of carboxylic acid groups (broad SMARTS) is 1. The summed E-state index contributed by atoms with van der Waals surface area (Å²) in [6.45, 7) is 6.12. The monoisotopic (exact) mass is 225 g/mol. The average Bonchev–Trinajstić information content (AvgIpc) is 2.54. The highest BCUT2D eigenvalue weighted by Crippen LogP contribution is 2.26. The summed E-state index contributed by atoms with van der Waals surface area (Å²) >= 11 is 0. The molecule has 0 radical (unpaired) electrons. The lowest BCUT2D eigenvalue weighted by Crippen LogP contribution is -2.08. The SMILES string of the molecule is CCn1nc(CC(C)C)c(N=O)c1C(=O)O. The average molecular weight is 225 g/mol. The summed E-state index contributed by atoms with van der Waals surface area (Å²) in [6, 6.07) is 0. The summed E-state index contributed by atoms with van der Waals surface area (Å²) in [5.41, 5.74) is 0.306. The van der Waals surface area contributed by atoms with Gasteiger partial charge >= 0.3 is 5.97 Å². The number of hydrogen-bond acceptors (Lipinski definition) is 4. The maximum Gasteiger partial charge on any atom is 0.356 e. The first-order valence-corrected chi connectivity index (χ1v) is 5.17. The Morgan fingerprint density at radius 1 is 1.56 bits per heavy atom. The van der Waals surface area contributed by atoms with Gasteiger partial charge in [-0.3, -0.25) is 4.68 Å². The van der Waals surface area contributed by atoms with Crippen LogP contribution in [0.2, 0.25) is 0 Å². The third-order valence-corrected chi connectivity index (χ3v) is 2.19. The van der Waals surface area contributed by atoms with E-state index in [1.54, 1.807) is 6.92 Å². The molecule has 1 rings (SSSR count). The fourth-order valence-corrected chi connectivity index (χ4v) is 1.56. The maximum absolute atomic E-state index is 11.0. The van der Waals surface area contributed by atoms with Gasteiger partial charge in [-0.2, -0.15) is 5.10 Å². The molecule has 0 aliphatic rings. The third kappa shape index (κ3) is 2.26. The standard InChI is InChI=1S/C10H15N3O3/c1-4-13-9(10(14)15)8(12-16)7(11-13)5-6(2)3/h6H,4-5H2,1-3H3,(H,14,15). The number of rotatable bonds is 5. The molecule has 0 saturated carbocycles. The van der Waals surface area contributed by atoms with E-state index in [4.69, 9.17) is 5.11 Å². The number of nitrogens with zero attached hydrogens (tertiary/aromatic N) is 3. The summed E-state index contributed by atoms with van der Waals surface area (Å²) < 4.78 is 1.30. The molecule has 0 aliphatic carbocycles. The van der Waals surface area contributed by atoms with E-state index in [1.807, 2.05) is 13.8 Å². The first kappa shape index (κ1) is 12.4. The molecule has 88 valence electrons. The first-order valence-electron chi connectivity index (χ1n) is 5.17. The second kappa shape index (κ2) is 4.87. The largest absolute Gasteiger partial charge is 0.476 e. The highest BCUT2D eigenvalue weighted by atomic mass is 16.4. The Labute approximate surface area is 93.2 Å². The van der Waals surface area contributed by atoms with E-state index in [0.29, 0.717) is 24.6 Å². The lowest BCUT2D eigenvalue weighted by atomic mass is 10.1. The second-order valence-corrected chi connectivity index (χ2v) is 3.95. The zero-order valence-electron chi connectivity index (χ0n) is 9.60. The molecule has 0 aromatic carbocycles. The number of aromatic carboxylic acids is 1. The van der Waals surface area contributed by atoms with Crippen LogP contribution in [0.25, 0.3) is 0 Å². The predicted molar refractivity (Wildman–Crippen MR) is 58.9 cm³/mol. The van der Waals surface area contributed by atoms with Crippen LogP contribution in [0, 0.1) is 10.8 Å². The summed E-state index contributed by atoms with van der Waals surface area (Å²) in [6.07, 6.45) is 0.550. The lowest BCUT2D eigenvalue weighted by Gasteiger charge is -1.99. The van der Waals surface area contributed by atoms with Gasteiger partial charge in [0.25, 0.3) is 0 Å². The van der Waals surface area contributed by atoms with Crippen LogP contribution in [0.5, 0.6) is 0 Å². The highest BCUT2D eigenvalue weighted by Gasteiger charge is 2.23. The summed E-state index contributed by atoms with van der Waals surface area (Å²) in [5.74, 6) is -0.874. The minimum atomic E-state index is -1.17. The van der Waals surface area contributed by atoms with Crippen LogP contribution >= 0.6 is 0 Å². The van der Waals surface area contributed by atoms with Crippen LogP contribution in [-0.2, 0) is 13.0 Å². The minimum Gasteiger partial charge on any atom is -0.476 e. The van der Waals surface area contributed by atoms with Crippen LogP contribution in [0.1, 0.15) is 37.0 Å². The summed E-state index contributed by atoms with van der Waals surface area (Å²) in [4.78, 5) is 21.7. The molecule has 6 heteroatoms. The minimum absolute atomic E-state index is 0.0388. The molecule has 0 amide bonds. The number of hydrogen-bond donors (Lipinski definition) is 1. The smallest absolute Gasteiger partial charge is 0.356 e. The maximum atomic E-state index is 11.0. The molecule has 0 atom stereocenters. The van der Waals surface area contributed by atoms with Gasteiger partial charge in [-0.1, -0.05) is 13.8 Å². The molecule has 0 unspecified atom stereocenters. The van der Waals surface area contributed by atoms with Crippen LogP contribution in [0.15, 0.2) is 5.18 Å². The van der Waals surface area contributed by atoms with Crippen molar-refractivity contribution in [1.29, 1.82) is 0 Å². The van der Waals surface area contributed by atoms with Crippen LogP contribution in [0.4, 0.5) is 5.69 Å². The Balaban J connectivity index is 3.29. The van der Waals surface area contributed by atoms with E-state index in [0.717, 1.165) is 0 Å². The predicted octanol–water partition coefficient (Wildman–Crippen LogP) is 2.20. The summed E-state index contributed by atoms with van der Waals surface area (Å²) in [7, 11) is 0. The van der Waals surface area contributed by atoms with E-state index in [2.05, 4.69) is 10.3 Å². The van der Waals surface area contributed by atoms with Crippen LogP contribution in [-0.4, -0.2) is 20.9 Å². The third-order valence-electron chi connectivity index (χ3n) is 2.19. The van der Waals surface area contributed by atoms with E-state index in [-0.39, 0.29) is 11.4 Å². The van der Waals surface area contributed by atoms with Gasteiger partial charge in [-0.05, 0) is 24.4 Å². The van der Waals surface area contributed by atoms with Crippen molar-refractivity contribution in [3.8, 4) is 0 Å². The lowest BCUT2D eigenvalue weighted by molar-refractivity contribution is 0.0684. The molecule has 0 spiro atoms. The molecule has 1 N–H and O–H groups in total. The Kier molecular flexibility index (Phi) is 3.76. The number of carbonyl (C=O) groups is 1. The zero-order chi connectivity index (χ0) is 12.3. The number of aromatic nitrogens is 2. The highest BCUT2D eigenvalue weighted by molar-refractivity contribution is 5.92. The molecule has 1 aromatic heterocycles.